The molecule has 0 spiro atoms. The van der Waals surface area contributed by atoms with Gasteiger partial charge in [-0.15, -0.1) is 0 Å². The number of halogens is 1. The molecule has 0 aromatic heterocycles. The van der Waals surface area contributed by atoms with Crippen molar-refractivity contribution in [2.24, 2.45) is 5.92 Å². The van der Waals surface area contributed by atoms with Crippen LogP contribution in [0.4, 0.5) is 5.69 Å². The Morgan fingerprint density at radius 2 is 1.76 bits per heavy atom. The first-order valence-electron chi connectivity index (χ1n) is 8.41. The number of hydrogen-bond acceptors (Lipinski definition) is 2. The fourth-order valence-electron chi connectivity index (χ4n) is 2.99. The van der Waals surface area contributed by atoms with Gasteiger partial charge in [0.15, 0.2) is 0 Å². The maximum Gasteiger partial charge on any atom is 0.0412 e. The number of rotatable bonds is 5. The lowest BCUT2D eigenvalue weighted by atomic mass is 10.1. The Bertz CT molecular complexity index is 423. The molecule has 0 amide bonds. The first kappa shape index (κ1) is 16.6. The topological polar surface area (TPSA) is 15.3 Å². The molecule has 3 heteroatoms. The normalized spacial score (nSPS) is 16.9. The molecule has 1 aromatic rings. The lowest BCUT2D eigenvalue weighted by Crippen LogP contribution is -2.29. The van der Waals surface area contributed by atoms with Crippen LogP contribution in [0.5, 0.6) is 0 Å². The van der Waals surface area contributed by atoms with Gasteiger partial charge in [0.05, 0.1) is 0 Å². The van der Waals surface area contributed by atoms with Gasteiger partial charge < -0.3 is 10.2 Å². The molecule has 1 aliphatic heterocycles. The molecule has 2 nitrogen and oxygen atoms in total. The minimum absolute atomic E-state index is 0.675. The van der Waals surface area contributed by atoms with E-state index in [0.29, 0.717) is 5.92 Å². The molecule has 1 aromatic carbocycles. The van der Waals surface area contributed by atoms with Gasteiger partial charge in [-0.3, -0.25) is 0 Å². The summed E-state index contributed by atoms with van der Waals surface area (Å²) in [7, 11) is 0. The maximum atomic E-state index is 6.21. The Labute approximate surface area is 134 Å². The van der Waals surface area contributed by atoms with Gasteiger partial charge in [-0.25, -0.2) is 0 Å². The largest absolute Gasteiger partial charge is 0.371 e. The van der Waals surface area contributed by atoms with Gasteiger partial charge in [0, 0.05) is 30.3 Å². The molecule has 0 unspecified atom stereocenters. The number of nitrogens with zero attached hydrogens (tertiary/aromatic N) is 1. The van der Waals surface area contributed by atoms with Crippen molar-refractivity contribution in [3.8, 4) is 0 Å². The van der Waals surface area contributed by atoms with Gasteiger partial charge in [-0.2, -0.15) is 0 Å². The summed E-state index contributed by atoms with van der Waals surface area (Å²) < 4.78 is 0. The second-order valence-electron chi connectivity index (χ2n) is 6.55. The summed E-state index contributed by atoms with van der Waals surface area (Å²) in [6, 6.07) is 6.36. The molecule has 0 saturated carbocycles. The van der Waals surface area contributed by atoms with E-state index in [4.69, 9.17) is 11.6 Å². The molecule has 21 heavy (non-hydrogen) atoms. The third kappa shape index (κ3) is 5.52. The Balaban J connectivity index is 2.08. The summed E-state index contributed by atoms with van der Waals surface area (Å²) in [4.78, 5) is 2.56. The Kier molecular flexibility index (Phi) is 6.85. The molecule has 1 aliphatic rings. The summed E-state index contributed by atoms with van der Waals surface area (Å²) in [5.41, 5.74) is 2.71. The van der Waals surface area contributed by atoms with Crippen LogP contribution >= 0.6 is 11.6 Å². The van der Waals surface area contributed by atoms with Crippen LogP contribution in [0, 0.1) is 5.92 Å². The van der Waals surface area contributed by atoms with E-state index in [0.717, 1.165) is 18.1 Å². The van der Waals surface area contributed by atoms with Gasteiger partial charge in [0.2, 0.25) is 0 Å². The minimum Gasteiger partial charge on any atom is -0.371 e. The van der Waals surface area contributed by atoms with Crippen LogP contribution in [0.25, 0.3) is 0 Å². The number of hydrogen-bond donors (Lipinski definition) is 1. The maximum absolute atomic E-state index is 6.21. The van der Waals surface area contributed by atoms with Crippen LogP contribution in [0.1, 0.15) is 51.5 Å². The fraction of sp³-hybridized carbons (Fsp3) is 0.667. The smallest absolute Gasteiger partial charge is 0.0412 e. The zero-order valence-corrected chi connectivity index (χ0v) is 14.3. The monoisotopic (exact) mass is 308 g/mol. The predicted octanol–water partition coefficient (Wildman–Crippen LogP) is 4.86. The zero-order valence-electron chi connectivity index (χ0n) is 13.5. The van der Waals surface area contributed by atoms with E-state index >= 15 is 0 Å². The van der Waals surface area contributed by atoms with Crippen molar-refractivity contribution in [2.45, 2.75) is 52.5 Å². The number of nitrogens with one attached hydrogen (secondary N) is 1. The standard InChI is InChI=1S/C18H29ClN2/c1-15(2)13-20-14-16-12-17(19)8-9-18(16)21-10-6-4-3-5-7-11-21/h8-9,12,15,20H,3-7,10-11,13-14H2,1-2H3. The van der Waals surface area contributed by atoms with Crippen LogP contribution < -0.4 is 10.2 Å². The van der Waals surface area contributed by atoms with Gasteiger partial charge in [-0.1, -0.05) is 44.7 Å². The zero-order chi connectivity index (χ0) is 15.1. The molecule has 118 valence electrons. The highest BCUT2D eigenvalue weighted by Gasteiger charge is 2.13. The highest BCUT2D eigenvalue weighted by molar-refractivity contribution is 6.30. The van der Waals surface area contributed by atoms with E-state index in [2.05, 4.69) is 36.2 Å². The molecule has 1 saturated heterocycles. The van der Waals surface area contributed by atoms with E-state index in [1.807, 2.05) is 6.07 Å². The predicted molar refractivity (Wildman–Crippen MR) is 93.3 cm³/mol. The Morgan fingerprint density at radius 1 is 1.10 bits per heavy atom. The van der Waals surface area contributed by atoms with E-state index in [1.165, 1.54) is 56.4 Å². The second kappa shape index (κ2) is 8.65. The van der Waals surface area contributed by atoms with Gasteiger partial charge in [-0.05, 0) is 49.1 Å². The Morgan fingerprint density at radius 3 is 2.43 bits per heavy atom. The number of anilines is 1. The van der Waals surface area contributed by atoms with Crippen molar-refractivity contribution in [3.63, 3.8) is 0 Å². The average molecular weight is 309 g/mol. The van der Waals surface area contributed by atoms with Crippen molar-refractivity contribution >= 4 is 17.3 Å². The molecule has 1 heterocycles. The van der Waals surface area contributed by atoms with Crippen molar-refractivity contribution in [2.75, 3.05) is 24.5 Å². The lowest BCUT2D eigenvalue weighted by molar-refractivity contribution is 0.544. The molecule has 0 bridgehead atoms. The molecule has 1 fully saturated rings. The molecule has 2 rings (SSSR count). The van der Waals surface area contributed by atoms with Crippen LogP contribution in [0.3, 0.4) is 0 Å². The van der Waals surface area contributed by atoms with E-state index < -0.39 is 0 Å². The number of benzene rings is 1. The summed E-state index contributed by atoms with van der Waals surface area (Å²) in [6.07, 6.45) is 6.75. The fourth-order valence-corrected chi connectivity index (χ4v) is 3.18. The summed E-state index contributed by atoms with van der Waals surface area (Å²) in [5.74, 6) is 0.675. The van der Waals surface area contributed by atoms with Crippen molar-refractivity contribution in [1.82, 2.24) is 5.32 Å². The summed E-state index contributed by atoms with van der Waals surface area (Å²) >= 11 is 6.21. The summed E-state index contributed by atoms with van der Waals surface area (Å²) in [6.45, 7) is 8.79. The average Bonchev–Trinajstić information content (AvgIpc) is 2.39. The van der Waals surface area contributed by atoms with Gasteiger partial charge in [0.25, 0.3) is 0 Å². The highest BCUT2D eigenvalue weighted by Crippen LogP contribution is 2.26. The molecular weight excluding hydrogens is 280 g/mol. The third-order valence-corrected chi connectivity index (χ3v) is 4.34. The first-order chi connectivity index (χ1) is 10.2. The molecular formula is C18H29ClN2. The SMILES string of the molecule is CC(C)CNCc1cc(Cl)ccc1N1CCCCCCC1. The third-order valence-electron chi connectivity index (χ3n) is 4.11. The van der Waals surface area contributed by atoms with Crippen LogP contribution in [-0.4, -0.2) is 19.6 Å². The molecule has 0 atom stereocenters. The van der Waals surface area contributed by atoms with E-state index in [-0.39, 0.29) is 0 Å². The minimum atomic E-state index is 0.675. The van der Waals surface area contributed by atoms with Crippen LogP contribution in [0.15, 0.2) is 18.2 Å². The van der Waals surface area contributed by atoms with E-state index in [9.17, 15) is 0 Å². The second-order valence-corrected chi connectivity index (χ2v) is 6.99. The Hall–Kier alpha value is -0.730. The van der Waals surface area contributed by atoms with Crippen molar-refractivity contribution in [1.29, 1.82) is 0 Å². The molecule has 1 N–H and O–H groups in total. The van der Waals surface area contributed by atoms with Crippen molar-refractivity contribution in [3.05, 3.63) is 28.8 Å². The molecule has 0 radical (unpaired) electrons. The highest BCUT2D eigenvalue weighted by atomic mass is 35.5. The summed E-state index contributed by atoms with van der Waals surface area (Å²) in [5, 5.41) is 4.39. The van der Waals surface area contributed by atoms with E-state index in [1.54, 1.807) is 0 Å². The van der Waals surface area contributed by atoms with Crippen molar-refractivity contribution < 1.29 is 0 Å². The lowest BCUT2D eigenvalue weighted by Gasteiger charge is -2.29. The molecule has 0 aliphatic carbocycles. The van der Waals surface area contributed by atoms with Gasteiger partial charge >= 0.3 is 0 Å². The van der Waals surface area contributed by atoms with Gasteiger partial charge in [0.1, 0.15) is 0 Å². The van der Waals surface area contributed by atoms with Crippen LogP contribution in [-0.2, 0) is 6.54 Å². The quantitative estimate of drug-likeness (QED) is 0.836. The van der Waals surface area contributed by atoms with Crippen LogP contribution in [0.2, 0.25) is 5.02 Å². The first-order valence-corrected chi connectivity index (χ1v) is 8.78.